The van der Waals surface area contributed by atoms with Crippen molar-refractivity contribution in [2.45, 2.75) is 0 Å². The third-order valence-corrected chi connectivity index (χ3v) is 21.9. The molecule has 0 spiro atoms. The zero-order valence-corrected chi connectivity index (χ0v) is 45.9. The van der Waals surface area contributed by atoms with Crippen LogP contribution in [0.2, 0.25) is 0 Å². The molecule has 0 saturated heterocycles. The molecule has 0 saturated carbocycles. The second kappa shape index (κ2) is 19.4. The molecule has 0 unspecified atom stereocenters. The van der Waals surface area contributed by atoms with Crippen LogP contribution in [0, 0.1) is 0 Å². The Morgan fingerprint density at radius 2 is 0.573 bits per heavy atom. The van der Waals surface area contributed by atoms with Crippen LogP contribution >= 0.6 is 0 Å². The van der Waals surface area contributed by atoms with E-state index in [0.29, 0.717) is 0 Å². The zero-order valence-electron chi connectivity index (χ0n) is 44.9. The lowest BCUT2D eigenvalue weighted by atomic mass is 10.0. The van der Waals surface area contributed by atoms with Gasteiger partial charge in [0.2, 0.25) is 0 Å². The highest BCUT2D eigenvalue weighted by molar-refractivity contribution is 7.20. The highest BCUT2D eigenvalue weighted by atomic mass is 28.3. The summed E-state index contributed by atoms with van der Waals surface area (Å²) < 4.78 is 7.47. The van der Waals surface area contributed by atoms with Crippen LogP contribution in [0.1, 0.15) is 0 Å². The van der Waals surface area contributed by atoms with E-state index in [9.17, 15) is 0 Å². The smallest absolute Gasteiger partial charge is 0.179 e. The molecule has 0 aliphatic rings. The molecule has 16 aromatic rings. The van der Waals surface area contributed by atoms with Crippen molar-refractivity contribution in [2.24, 2.45) is 0 Å². The fourth-order valence-electron chi connectivity index (χ4n) is 13.6. The van der Waals surface area contributed by atoms with E-state index in [0.717, 1.165) is 39.2 Å². The highest BCUT2D eigenvalue weighted by Gasteiger charge is 2.41. The van der Waals surface area contributed by atoms with E-state index in [1.807, 2.05) is 0 Å². The molecule has 3 heterocycles. The van der Waals surface area contributed by atoms with Gasteiger partial charge < -0.3 is 13.7 Å². The Morgan fingerprint density at radius 3 is 1.16 bits per heavy atom. The van der Waals surface area contributed by atoms with Crippen molar-refractivity contribution in [3.8, 4) is 50.4 Å². The Balaban J connectivity index is 0.930. The first-order chi connectivity index (χ1) is 40.7. The van der Waals surface area contributed by atoms with E-state index in [1.54, 1.807) is 0 Å². The number of rotatable bonds is 10. The maximum absolute atomic E-state index is 2.91. The fraction of sp³-hybridized carbons (Fsp3) is 0. The first-order valence-corrected chi connectivity index (χ1v) is 30.3. The van der Waals surface area contributed by atoms with E-state index in [-0.39, 0.29) is 0 Å². The van der Waals surface area contributed by atoms with Gasteiger partial charge in [-0.1, -0.05) is 255 Å². The molecule has 0 aliphatic carbocycles. The lowest BCUT2D eigenvalue weighted by molar-refractivity contribution is 1.13. The summed E-state index contributed by atoms with van der Waals surface area (Å²) in [6.45, 7) is 0. The van der Waals surface area contributed by atoms with Crippen LogP contribution < -0.4 is 20.7 Å². The SMILES string of the molecule is c1ccc(-c2cccc([Si](c3ccccc3)(c3ccccc3)c3ccc(-c4cc(-n5c6ccccc6c6ccccc65)cc(-n5c6ccccc6c6c(-n7c8ccccc8c8cc(-c9ccccc9)ccc87)cccc65)c4)cc3)c2)cc1. The van der Waals surface area contributed by atoms with Gasteiger partial charge in [0.15, 0.2) is 8.07 Å². The van der Waals surface area contributed by atoms with Crippen molar-refractivity contribution in [2.75, 3.05) is 0 Å². The van der Waals surface area contributed by atoms with Crippen LogP contribution in [0.25, 0.3) is 116 Å². The van der Waals surface area contributed by atoms with Gasteiger partial charge in [-0.3, -0.25) is 0 Å². The van der Waals surface area contributed by atoms with Crippen molar-refractivity contribution in [1.82, 2.24) is 13.7 Å². The van der Waals surface area contributed by atoms with Crippen molar-refractivity contribution in [3.05, 3.63) is 322 Å². The van der Waals surface area contributed by atoms with Gasteiger partial charge in [0.1, 0.15) is 0 Å². The molecular weight excluding hydrogens is 1010 g/mol. The molecular formula is C78H53N3Si. The highest BCUT2D eigenvalue weighted by Crippen LogP contribution is 2.42. The van der Waals surface area contributed by atoms with Crippen LogP contribution in [0.3, 0.4) is 0 Å². The van der Waals surface area contributed by atoms with Crippen LogP contribution in [0.15, 0.2) is 322 Å². The molecule has 0 aliphatic heterocycles. The van der Waals surface area contributed by atoms with Gasteiger partial charge in [-0.05, 0) is 121 Å². The number of hydrogen-bond donors (Lipinski definition) is 0. The van der Waals surface area contributed by atoms with Gasteiger partial charge in [0.05, 0.1) is 38.8 Å². The summed E-state index contributed by atoms with van der Waals surface area (Å²) in [6, 6.07) is 120. The van der Waals surface area contributed by atoms with Crippen LogP contribution in [-0.2, 0) is 0 Å². The number of para-hydroxylation sites is 4. The van der Waals surface area contributed by atoms with E-state index in [2.05, 4.69) is 335 Å². The lowest BCUT2D eigenvalue weighted by Gasteiger charge is -2.35. The van der Waals surface area contributed by atoms with Crippen LogP contribution in [0.5, 0.6) is 0 Å². The van der Waals surface area contributed by atoms with E-state index in [1.165, 1.54) is 97.4 Å². The maximum Gasteiger partial charge on any atom is 0.179 e. The third kappa shape index (κ3) is 7.50. The van der Waals surface area contributed by atoms with Gasteiger partial charge in [-0.15, -0.1) is 0 Å². The molecule has 4 heteroatoms. The Morgan fingerprint density at radius 1 is 0.195 bits per heavy atom. The summed E-state index contributed by atoms with van der Waals surface area (Å²) in [5, 5.41) is 12.7. The molecule has 0 fully saturated rings. The largest absolute Gasteiger partial charge is 0.309 e. The molecule has 3 aromatic heterocycles. The Labute approximate surface area is 477 Å². The van der Waals surface area contributed by atoms with Crippen molar-refractivity contribution >= 4 is 94.2 Å². The molecule has 0 atom stereocenters. The average Bonchev–Trinajstić information content (AvgIpc) is 4.35. The van der Waals surface area contributed by atoms with Gasteiger partial charge in [0, 0.05) is 43.7 Å². The minimum absolute atomic E-state index is 1.09. The van der Waals surface area contributed by atoms with Gasteiger partial charge in [-0.25, -0.2) is 0 Å². The predicted molar refractivity (Wildman–Crippen MR) is 349 cm³/mol. The molecule has 0 radical (unpaired) electrons. The number of fused-ring (bicyclic) bond motifs is 9. The number of aromatic nitrogens is 3. The topological polar surface area (TPSA) is 14.8 Å². The number of nitrogens with zero attached hydrogens (tertiary/aromatic N) is 3. The minimum atomic E-state index is -2.91. The number of benzene rings is 13. The normalized spacial score (nSPS) is 11.9. The van der Waals surface area contributed by atoms with Crippen molar-refractivity contribution in [1.29, 1.82) is 0 Å². The van der Waals surface area contributed by atoms with Crippen LogP contribution in [-0.4, -0.2) is 21.8 Å². The summed E-state index contributed by atoms with van der Waals surface area (Å²) in [4.78, 5) is 0. The molecule has 0 amide bonds. The van der Waals surface area contributed by atoms with Gasteiger partial charge >= 0.3 is 0 Å². The number of hydrogen-bond acceptors (Lipinski definition) is 0. The van der Waals surface area contributed by atoms with Crippen molar-refractivity contribution in [3.63, 3.8) is 0 Å². The van der Waals surface area contributed by atoms with E-state index >= 15 is 0 Å². The minimum Gasteiger partial charge on any atom is -0.309 e. The molecule has 0 N–H and O–H groups in total. The lowest BCUT2D eigenvalue weighted by Crippen LogP contribution is -2.74. The molecule has 0 bridgehead atoms. The third-order valence-electron chi connectivity index (χ3n) is 17.2. The van der Waals surface area contributed by atoms with Crippen molar-refractivity contribution < 1.29 is 0 Å². The Hall–Kier alpha value is -10.5. The molecule has 3 nitrogen and oxygen atoms in total. The predicted octanol–water partition coefficient (Wildman–Crippen LogP) is 17.4. The summed E-state index contributed by atoms with van der Waals surface area (Å²) >= 11 is 0. The summed E-state index contributed by atoms with van der Waals surface area (Å²) in [5.41, 5.74) is 17.5. The molecule has 13 aromatic carbocycles. The molecule has 384 valence electrons. The van der Waals surface area contributed by atoms with Gasteiger partial charge in [0.25, 0.3) is 0 Å². The Bertz CT molecular complexity index is 4980. The first-order valence-electron chi connectivity index (χ1n) is 28.3. The second-order valence-electron chi connectivity index (χ2n) is 21.6. The summed E-state index contributed by atoms with van der Waals surface area (Å²) in [7, 11) is -2.91. The molecule has 16 rings (SSSR count). The maximum atomic E-state index is 2.51. The monoisotopic (exact) mass is 1060 g/mol. The fourth-order valence-corrected chi connectivity index (χ4v) is 18.3. The Kier molecular flexibility index (Phi) is 11.2. The summed E-state index contributed by atoms with van der Waals surface area (Å²) in [5.74, 6) is 0. The van der Waals surface area contributed by atoms with E-state index < -0.39 is 8.07 Å². The van der Waals surface area contributed by atoms with Gasteiger partial charge in [-0.2, -0.15) is 0 Å². The first kappa shape index (κ1) is 47.5. The average molecular weight is 1060 g/mol. The zero-order chi connectivity index (χ0) is 54.1. The van der Waals surface area contributed by atoms with E-state index in [4.69, 9.17) is 0 Å². The molecule has 82 heavy (non-hydrogen) atoms. The van der Waals surface area contributed by atoms with Crippen LogP contribution in [0.4, 0.5) is 0 Å². The second-order valence-corrected chi connectivity index (χ2v) is 25.4. The summed E-state index contributed by atoms with van der Waals surface area (Å²) in [6.07, 6.45) is 0. The standard InChI is InChI=1S/C78H53N3Si/c1-5-23-54(24-6-1)57-27-21-32-65(51-57)82(62-28-9-3-10-29-62,63-30-11-4-12-31-63)64-46-43-56(44-47-64)59-49-60(79-71-37-17-13-33-66(71)67-34-14-18-38-72(67)79)53-61(50-59)80-74-40-20-16-36-69(74)78-76(80)41-22-42-77(78)81-73-39-19-15-35-68(73)70-52-58(45-48-75(70)81)55-25-7-2-8-26-55/h1-53H. The quantitative estimate of drug-likeness (QED) is 0.0958.